The Balaban J connectivity index is 2.32. The Labute approximate surface area is 119 Å². The van der Waals surface area contributed by atoms with Crippen molar-refractivity contribution in [2.45, 2.75) is 32.7 Å². The number of carbonyl (C=O) groups excluding carboxylic acids is 2. The fraction of sp³-hybridized carbons (Fsp3) is 0.467. The molecule has 1 N–H and O–H groups in total. The highest BCUT2D eigenvalue weighted by Gasteiger charge is 2.13. The summed E-state index contributed by atoms with van der Waals surface area (Å²) in [5.41, 5.74) is 0.798. The van der Waals surface area contributed by atoms with Gasteiger partial charge >= 0.3 is 0 Å². The van der Waals surface area contributed by atoms with Crippen LogP contribution in [-0.2, 0) is 16.1 Å². The van der Waals surface area contributed by atoms with Gasteiger partial charge in [-0.3, -0.25) is 9.59 Å². The summed E-state index contributed by atoms with van der Waals surface area (Å²) in [5.74, 6) is -0.814. The van der Waals surface area contributed by atoms with E-state index in [9.17, 15) is 14.0 Å². The number of hydrogen-bond donors (Lipinski definition) is 1. The zero-order valence-electron chi connectivity index (χ0n) is 12.0. The molecule has 5 heteroatoms. The highest BCUT2D eigenvalue weighted by atomic mass is 19.1. The molecule has 0 fully saturated rings. The van der Waals surface area contributed by atoms with E-state index in [4.69, 9.17) is 0 Å². The monoisotopic (exact) mass is 280 g/mol. The van der Waals surface area contributed by atoms with Crippen LogP contribution in [0.1, 0.15) is 31.7 Å². The lowest BCUT2D eigenvalue weighted by Gasteiger charge is -2.16. The van der Waals surface area contributed by atoms with Crippen molar-refractivity contribution < 1.29 is 14.0 Å². The normalized spacial score (nSPS) is 10.2. The number of nitrogens with zero attached hydrogens (tertiary/aromatic N) is 1. The number of benzene rings is 1. The molecule has 110 valence electrons. The van der Waals surface area contributed by atoms with Gasteiger partial charge in [0.25, 0.3) is 0 Å². The molecule has 0 bridgehead atoms. The molecule has 0 heterocycles. The summed E-state index contributed by atoms with van der Waals surface area (Å²) < 4.78 is 12.7. The van der Waals surface area contributed by atoms with Crippen molar-refractivity contribution in [2.24, 2.45) is 0 Å². The van der Waals surface area contributed by atoms with Crippen molar-refractivity contribution in [2.75, 3.05) is 13.6 Å². The smallest absolute Gasteiger partial charge is 0.231 e. The van der Waals surface area contributed by atoms with Gasteiger partial charge in [-0.25, -0.2) is 4.39 Å². The van der Waals surface area contributed by atoms with Gasteiger partial charge in [0.1, 0.15) is 12.2 Å². The molecule has 1 aromatic rings. The van der Waals surface area contributed by atoms with E-state index in [1.807, 2.05) is 6.92 Å². The molecule has 0 aromatic heterocycles. The predicted octanol–water partition coefficient (Wildman–Crippen LogP) is 2.09. The lowest BCUT2D eigenvalue weighted by atomic mass is 10.2. The van der Waals surface area contributed by atoms with Gasteiger partial charge in [0.05, 0.1) is 0 Å². The van der Waals surface area contributed by atoms with Crippen molar-refractivity contribution in [3.05, 3.63) is 35.6 Å². The molecule has 4 nitrogen and oxygen atoms in total. The Morgan fingerprint density at radius 3 is 2.50 bits per heavy atom. The van der Waals surface area contributed by atoms with Gasteiger partial charge in [0, 0.05) is 20.1 Å². The Morgan fingerprint density at radius 1 is 1.25 bits per heavy atom. The van der Waals surface area contributed by atoms with Crippen molar-refractivity contribution in [1.29, 1.82) is 0 Å². The topological polar surface area (TPSA) is 49.4 Å². The van der Waals surface area contributed by atoms with Gasteiger partial charge < -0.3 is 10.2 Å². The standard InChI is InChI=1S/C15H21FN2O2/c1-3-4-9-18(2)15(20)10-14(19)17-11-12-5-7-13(16)8-6-12/h5-8H,3-4,9-11H2,1-2H3,(H,17,19). The zero-order chi connectivity index (χ0) is 15.0. The minimum Gasteiger partial charge on any atom is -0.352 e. The average Bonchev–Trinajstić information content (AvgIpc) is 2.44. The van der Waals surface area contributed by atoms with Gasteiger partial charge in [-0.05, 0) is 24.1 Å². The number of nitrogens with one attached hydrogen (secondary N) is 1. The molecule has 1 aromatic carbocycles. The first-order valence-corrected chi connectivity index (χ1v) is 6.78. The van der Waals surface area contributed by atoms with Crippen molar-refractivity contribution in [1.82, 2.24) is 10.2 Å². The minimum absolute atomic E-state index is 0.151. The summed E-state index contributed by atoms with van der Waals surface area (Å²) in [6.45, 7) is 3.01. The highest BCUT2D eigenvalue weighted by Crippen LogP contribution is 2.02. The molecule has 0 spiro atoms. The fourth-order valence-corrected chi connectivity index (χ4v) is 1.66. The summed E-state index contributed by atoms with van der Waals surface area (Å²) in [6, 6.07) is 5.88. The number of rotatable bonds is 7. The van der Waals surface area contributed by atoms with E-state index in [1.165, 1.54) is 12.1 Å². The molecule has 0 aliphatic carbocycles. The lowest BCUT2D eigenvalue weighted by molar-refractivity contribution is -0.135. The van der Waals surface area contributed by atoms with Gasteiger partial charge in [-0.1, -0.05) is 25.5 Å². The van der Waals surface area contributed by atoms with Crippen LogP contribution in [0.25, 0.3) is 0 Å². The predicted molar refractivity (Wildman–Crippen MR) is 75.4 cm³/mol. The average molecular weight is 280 g/mol. The first-order chi connectivity index (χ1) is 9.52. The molecule has 0 saturated heterocycles. The minimum atomic E-state index is -0.317. The largest absolute Gasteiger partial charge is 0.352 e. The number of unbranched alkanes of at least 4 members (excludes halogenated alkanes) is 1. The van der Waals surface area contributed by atoms with E-state index >= 15 is 0 Å². The summed E-state index contributed by atoms with van der Waals surface area (Å²) in [7, 11) is 1.70. The molecule has 2 amide bonds. The Hall–Kier alpha value is -1.91. The summed E-state index contributed by atoms with van der Waals surface area (Å²) in [4.78, 5) is 24.9. The Morgan fingerprint density at radius 2 is 1.90 bits per heavy atom. The van der Waals surface area contributed by atoms with Crippen LogP contribution in [0.15, 0.2) is 24.3 Å². The maximum absolute atomic E-state index is 12.7. The van der Waals surface area contributed by atoms with Crippen molar-refractivity contribution in [3.8, 4) is 0 Å². The van der Waals surface area contributed by atoms with Crippen molar-refractivity contribution in [3.63, 3.8) is 0 Å². The molecule has 0 radical (unpaired) electrons. The van der Waals surface area contributed by atoms with Gasteiger partial charge in [0.15, 0.2) is 0 Å². The van der Waals surface area contributed by atoms with Crippen LogP contribution in [0.2, 0.25) is 0 Å². The molecule has 0 atom stereocenters. The Kier molecular flexibility index (Phi) is 6.70. The summed E-state index contributed by atoms with van der Waals surface area (Å²) >= 11 is 0. The quantitative estimate of drug-likeness (QED) is 0.778. The molecule has 0 saturated carbocycles. The van der Waals surface area contributed by atoms with E-state index in [2.05, 4.69) is 5.32 Å². The van der Waals surface area contributed by atoms with E-state index in [1.54, 1.807) is 24.1 Å². The first-order valence-electron chi connectivity index (χ1n) is 6.78. The number of carbonyl (C=O) groups is 2. The molecular formula is C15H21FN2O2. The maximum atomic E-state index is 12.7. The van der Waals surface area contributed by atoms with Crippen LogP contribution in [0.4, 0.5) is 4.39 Å². The molecule has 0 unspecified atom stereocenters. The van der Waals surface area contributed by atoms with Crippen LogP contribution in [0.5, 0.6) is 0 Å². The van der Waals surface area contributed by atoms with Gasteiger partial charge in [0.2, 0.25) is 11.8 Å². The van der Waals surface area contributed by atoms with Gasteiger partial charge in [-0.15, -0.1) is 0 Å². The third-order valence-corrected chi connectivity index (χ3v) is 2.99. The molecular weight excluding hydrogens is 259 g/mol. The fourth-order valence-electron chi connectivity index (χ4n) is 1.66. The first kappa shape index (κ1) is 16.1. The zero-order valence-corrected chi connectivity index (χ0v) is 12.0. The Bertz CT molecular complexity index is 446. The molecule has 20 heavy (non-hydrogen) atoms. The molecule has 1 rings (SSSR count). The van der Waals surface area contributed by atoms with Crippen LogP contribution in [0.3, 0.4) is 0 Å². The number of amides is 2. The second-order valence-electron chi connectivity index (χ2n) is 4.75. The van der Waals surface area contributed by atoms with Crippen LogP contribution in [0, 0.1) is 5.82 Å². The highest BCUT2D eigenvalue weighted by molar-refractivity contribution is 5.96. The SMILES string of the molecule is CCCCN(C)C(=O)CC(=O)NCc1ccc(F)cc1. The number of halogens is 1. The second-order valence-corrected chi connectivity index (χ2v) is 4.75. The van der Waals surface area contributed by atoms with E-state index in [-0.39, 0.29) is 24.1 Å². The van der Waals surface area contributed by atoms with Crippen LogP contribution >= 0.6 is 0 Å². The van der Waals surface area contributed by atoms with Crippen LogP contribution < -0.4 is 5.32 Å². The molecule has 0 aliphatic heterocycles. The maximum Gasteiger partial charge on any atom is 0.231 e. The third-order valence-electron chi connectivity index (χ3n) is 2.99. The second kappa shape index (κ2) is 8.30. The summed E-state index contributed by atoms with van der Waals surface area (Å²) in [5, 5.41) is 2.65. The molecule has 0 aliphatic rings. The third kappa shape index (κ3) is 5.82. The van der Waals surface area contributed by atoms with Gasteiger partial charge in [-0.2, -0.15) is 0 Å². The number of hydrogen-bond acceptors (Lipinski definition) is 2. The lowest BCUT2D eigenvalue weighted by Crippen LogP contribution is -2.33. The summed E-state index contributed by atoms with van der Waals surface area (Å²) in [6.07, 6.45) is 1.79. The van der Waals surface area contributed by atoms with E-state index in [0.29, 0.717) is 13.1 Å². The van der Waals surface area contributed by atoms with E-state index < -0.39 is 0 Å². The van der Waals surface area contributed by atoms with Crippen LogP contribution in [-0.4, -0.2) is 30.3 Å². The van der Waals surface area contributed by atoms with Crippen molar-refractivity contribution >= 4 is 11.8 Å². The van der Waals surface area contributed by atoms with E-state index in [0.717, 1.165) is 18.4 Å².